The predicted octanol–water partition coefficient (Wildman–Crippen LogP) is 0.690. The maximum atomic E-state index is 11.3. The van der Waals surface area contributed by atoms with E-state index < -0.39 is 18.3 Å². The van der Waals surface area contributed by atoms with Crippen molar-refractivity contribution in [3.63, 3.8) is 0 Å². The van der Waals surface area contributed by atoms with E-state index in [0.29, 0.717) is 11.3 Å². The lowest BCUT2D eigenvalue weighted by molar-refractivity contribution is -0.139. The Hall–Kier alpha value is -2.44. The summed E-state index contributed by atoms with van der Waals surface area (Å²) in [6, 6.07) is 1.73. The van der Waals surface area contributed by atoms with Gasteiger partial charge in [-0.15, -0.1) is 0 Å². The molecule has 0 bridgehead atoms. The molecule has 2 rings (SSSR count). The number of fused-ring (bicyclic) bond motifs is 1. The van der Waals surface area contributed by atoms with Crippen LogP contribution in [0.5, 0.6) is 0 Å². The average molecular weight is 248 g/mol. The van der Waals surface area contributed by atoms with E-state index in [1.54, 1.807) is 17.8 Å². The van der Waals surface area contributed by atoms with Gasteiger partial charge >= 0.3 is 5.97 Å². The topological polar surface area (TPSA) is 97.1 Å². The van der Waals surface area contributed by atoms with Crippen LogP contribution in [0.3, 0.4) is 0 Å². The normalized spacial score (nSPS) is 10.6. The molecule has 94 valence electrons. The largest absolute Gasteiger partial charge is 0.481 e. The fourth-order valence-electron chi connectivity index (χ4n) is 1.72. The quantitative estimate of drug-likeness (QED) is 0.779. The van der Waals surface area contributed by atoms with Crippen molar-refractivity contribution in [1.29, 1.82) is 0 Å². The van der Waals surface area contributed by atoms with Crippen molar-refractivity contribution in [3.05, 3.63) is 18.0 Å². The predicted molar refractivity (Wildman–Crippen MR) is 64.1 cm³/mol. The Labute approximate surface area is 102 Å². The number of nitrogens with zero attached hydrogens (tertiary/aromatic N) is 3. The third-order valence-corrected chi connectivity index (χ3v) is 2.46. The Morgan fingerprint density at radius 3 is 2.89 bits per heavy atom. The molecule has 0 fully saturated rings. The summed E-state index contributed by atoms with van der Waals surface area (Å²) in [6.07, 6.45) is 0.910. The number of nitrogens with one attached hydrogen (secondary N) is 1. The number of amides is 1. The zero-order valence-corrected chi connectivity index (χ0v) is 9.97. The van der Waals surface area contributed by atoms with Gasteiger partial charge in [0.2, 0.25) is 5.91 Å². The summed E-state index contributed by atoms with van der Waals surface area (Å²) >= 11 is 0. The van der Waals surface area contributed by atoms with Gasteiger partial charge in [-0.3, -0.25) is 14.3 Å². The number of aromatic nitrogens is 3. The second-order valence-electron chi connectivity index (χ2n) is 3.92. The van der Waals surface area contributed by atoms with Gasteiger partial charge in [0, 0.05) is 12.4 Å². The number of carbonyl (C=O) groups is 2. The van der Waals surface area contributed by atoms with Crippen LogP contribution in [0.15, 0.2) is 12.3 Å². The van der Waals surface area contributed by atoms with Crippen LogP contribution in [0.25, 0.3) is 11.0 Å². The Balaban J connectivity index is 2.27. The van der Waals surface area contributed by atoms with Crippen LogP contribution in [-0.4, -0.2) is 31.7 Å². The van der Waals surface area contributed by atoms with Gasteiger partial charge in [-0.1, -0.05) is 0 Å². The average Bonchev–Trinajstić information content (AvgIpc) is 2.53. The van der Waals surface area contributed by atoms with Crippen LogP contribution in [0, 0.1) is 6.92 Å². The molecule has 1 amide bonds. The number of pyridine rings is 1. The molecule has 7 nitrogen and oxygen atoms in total. The standard InChI is InChI=1S/C11H12N4O3/c1-6-8-3-7(13-9(16)4-10(17)18)5-12-11(8)15(2)14-6/h3,5H,4H2,1-2H3,(H,13,16)(H,17,18). The highest BCUT2D eigenvalue weighted by molar-refractivity contribution is 6.02. The monoisotopic (exact) mass is 248 g/mol. The fourth-order valence-corrected chi connectivity index (χ4v) is 1.72. The second-order valence-corrected chi connectivity index (χ2v) is 3.92. The maximum absolute atomic E-state index is 11.3. The van der Waals surface area contributed by atoms with Crippen LogP contribution in [0.1, 0.15) is 12.1 Å². The molecule has 0 unspecified atom stereocenters. The molecule has 0 radical (unpaired) electrons. The van der Waals surface area contributed by atoms with Crippen molar-refractivity contribution < 1.29 is 14.7 Å². The van der Waals surface area contributed by atoms with E-state index in [4.69, 9.17) is 5.11 Å². The number of carboxylic acids is 1. The van der Waals surface area contributed by atoms with Gasteiger partial charge in [0.15, 0.2) is 5.65 Å². The molecule has 0 aliphatic carbocycles. The molecule has 0 aromatic carbocycles. The van der Waals surface area contributed by atoms with Crippen molar-refractivity contribution in [2.75, 3.05) is 5.32 Å². The van der Waals surface area contributed by atoms with Gasteiger partial charge in [-0.2, -0.15) is 5.10 Å². The molecule has 0 atom stereocenters. The van der Waals surface area contributed by atoms with E-state index in [1.807, 2.05) is 6.92 Å². The zero-order chi connectivity index (χ0) is 13.3. The molecule has 0 aliphatic rings. The van der Waals surface area contributed by atoms with Gasteiger partial charge < -0.3 is 10.4 Å². The number of aryl methyl sites for hydroxylation is 2. The lowest BCUT2D eigenvalue weighted by atomic mass is 10.2. The van der Waals surface area contributed by atoms with E-state index in [0.717, 1.165) is 11.1 Å². The molecule has 0 spiro atoms. The number of hydrogen-bond acceptors (Lipinski definition) is 4. The zero-order valence-electron chi connectivity index (χ0n) is 9.97. The van der Waals surface area contributed by atoms with Crippen molar-refractivity contribution in [1.82, 2.24) is 14.8 Å². The van der Waals surface area contributed by atoms with Crippen LogP contribution in [-0.2, 0) is 16.6 Å². The summed E-state index contributed by atoms with van der Waals surface area (Å²) in [7, 11) is 1.78. The first-order valence-electron chi connectivity index (χ1n) is 5.28. The highest BCUT2D eigenvalue weighted by Crippen LogP contribution is 2.19. The minimum absolute atomic E-state index is 0.463. The first-order chi connectivity index (χ1) is 8.47. The number of carboxylic acid groups (broad SMARTS) is 1. The molecular formula is C11H12N4O3. The Morgan fingerprint density at radius 2 is 2.22 bits per heavy atom. The summed E-state index contributed by atoms with van der Waals surface area (Å²) in [5.74, 6) is -1.75. The molecule has 2 aromatic heterocycles. The highest BCUT2D eigenvalue weighted by Gasteiger charge is 2.10. The molecule has 0 saturated carbocycles. The molecule has 0 aliphatic heterocycles. The third kappa shape index (κ3) is 2.29. The van der Waals surface area contributed by atoms with Gasteiger partial charge in [0.1, 0.15) is 6.42 Å². The fraction of sp³-hybridized carbons (Fsp3) is 0.273. The van der Waals surface area contributed by atoms with Crippen LogP contribution in [0.4, 0.5) is 5.69 Å². The van der Waals surface area contributed by atoms with Gasteiger partial charge in [0.25, 0.3) is 0 Å². The summed E-state index contributed by atoms with van der Waals surface area (Å²) < 4.78 is 1.65. The molecule has 2 aromatic rings. The summed E-state index contributed by atoms with van der Waals surface area (Å²) in [4.78, 5) is 25.9. The van der Waals surface area contributed by atoms with E-state index >= 15 is 0 Å². The van der Waals surface area contributed by atoms with Gasteiger partial charge in [0.05, 0.1) is 17.6 Å². The number of carbonyl (C=O) groups excluding carboxylic acids is 1. The Bertz CT molecular complexity index is 632. The third-order valence-electron chi connectivity index (χ3n) is 2.46. The first kappa shape index (κ1) is 12.0. The van der Waals surface area contributed by atoms with Crippen molar-refractivity contribution in [2.24, 2.45) is 7.05 Å². The lowest BCUT2D eigenvalue weighted by Gasteiger charge is -2.03. The van der Waals surface area contributed by atoms with Crippen molar-refractivity contribution in [3.8, 4) is 0 Å². The highest BCUT2D eigenvalue weighted by atomic mass is 16.4. The molecular weight excluding hydrogens is 236 g/mol. The van der Waals surface area contributed by atoms with Crippen LogP contribution >= 0.6 is 0 Å². The maximum Gasteiger partial charge on any atom is 0.312 e. The van der Waals surface area contributed by atoms with Crippen molar-refractivity contribution >= 4 is 28.6 Å². The van der Waals surface area contributed by atoms with E-state index in [2.05, 4.69) is 15.4 Å². The number of rotatable bonds is 3. The second kappa shape index (κ2) is 4.44. The summed E-state index contributed by atoms with van der Waals surface area (Å²) in [5, 5.41) is 16.0. The van der Waals surface area contributed by atoms with Gasteiger partial charge in [-0.05, 0) is 13.0 Å². The van der Waals surface area contributed by atoms with E-state index in [1.165, 1.54) is 6.20 Å². The smallest absolute Gasteiger partial charge is 0.312 e. The SMILES string of the molecule is Cc1nn(C)c2ncc(NC(=O)CC(=O)O)cc12. The summed E-state index contributed by atoms with van der Waals surface area (Å²) in [6.45, 7) is 1.84. The van der Waals surface area contributed by atoms with E-state index in [9.17, 15) is 9.59 Å². The molecule has 2 N–H and O–H groups in total. The number of hydrogen-bond donors (Lipinski definition) is 2. The molecule has 7 heteroatoms. The van der Waals surface area contributed by atoms with Gasteiger partial charge in [-0.25, -0.2) is 4.98 Å². The number of anilines is 1. The summed E-state index contributed by atoms with van der Waals surface area (Å²) in [5.41, 5.74) is 1.97. The van der Waals surface area contributed by atoms with Crippen LogP contribution < -0.4 is 5.32 Å². The molecule has 18 heavy (non-hydrogen) atoms. The minimum atomic E-state index is -1.17. The Morgan fingerprint density at radius 1 is 1.50 bits per heavy atom. The molecule has 0 saturated heterocycles. The molecule has 2 heterocycles. The first-order valence-corrected chi connectivity index (χ1v) is 5.28. The number of aliphatic carboxylic acids is 1. The lowest BCUT2D eigenvalue weighted by Crippen LogP contribution is -2.15. The van der Waals surface area contributed by atoms with Crippen LogP contribution in [0.2, 0.25) is 0 Å². The Kier molecular flexibility index (Phi) is 2.97. The van der Waals surface area contributed by atoms with E-state index in [-0.39, 0.29) is 0 Å². The van der Waals surface area contributed by atoms with Crippen molar-refractivity contribution in [2.45, 2.75) is 13.3 Å². The minimum Gasteiger partial charge on any atom is -0.481 e.